The number of imidazole rings is 2. The van der Waals surface area contributed by atoms with Gasteiger partial charge in [0, 0.05) is 7.05 Å². The Kier molecular flexibility index (Phi) is 3.08. The fraction of sp³-hybridized carbons (Fsp3) is 0.273. The summed E-state index contributed by atoms with van der Waals surface area (Å²) in [5, 5.41) is 4.27. The normalized spacial score (nSPS) is 11.1. The molecule has 0 aromatic carbocycles. The summed E-state index contributed by atoms with van der Waals surface area (Å²) in [6.45, 7) is 0.648. The van der Waals surface area contributed by atoms with Gasteiger partial charge in [0.05, 0.1) is 24.8 Å². The van der Waals surface area contributed by atoms with E-state index in [0.717, 1.165) is 22.2 Å². The number of hydrogen-bond donors (Lipinski definition) is 2. The molecule has 0 unspecified atom stereocenters. The van der Waals surface area contributed by atoms with Gasteiger partial charge in [-0.3, -0.25) is 0 Å². The molecule has 0 amide bonds. The Hall–Kier alpha value is -2.09. The molecule has 0 saturated carbocycles. The van der Waals surface area contributed by atoms with Gasteiger partial charge in [-0.15, -0.1) is 0 Å². The highest BCUT2D eigenvalue weighted by molar-refractivity contribution is 7.98. The molecule has 0 aliphatic rings. The Morgan fingerprint density at radius 2 is 2.21 bits per heavy atom. The highest BCUT2D eigenvalue weighted by atomic mass is 32.2. The standard InChI is InChI=1S/C11H13N7S/c1-18-7(4-13-11(18)19-2)3-12-9-8-10(15-5-14-8)17-6-16-9/h4-6H,3H2,1-2H3,(H2,12,14,15,16,17). The van der Waals surface area contributed by atoms with Crippen LogP contribution in [0.3, 0.4) is 0 Å². The highest BCUT2D eigenvalue weighted by Crippen LogP contribution is 2.17. The van der Waals surface area contributed by atoms with E-state index >= 15 is 0 Å². The quantitative estimate of drug-likeness (QED) is 0.701. The van der Waals surface area contributed by atoms with Crippen molar-refractivity contribution in [1.82, 2.24) is 29.5 Å². The van der Waals surface area contributed by atoms with Crippen molar-refractivity contribution in [2.24, 2.45) is 7.05 Å². The first-order valence-electron chi connectivity index (χ1n) is 5.72. The third kappa shape index (κ3) is 2.14. The van der Waals surface area contributed by atoms with Crippen LogP contribution in [0.25, 0.3) is 11.2 Å². The van der Waals surface area contributed by atoms with Crippen molar-refractivity contribution >= 4 is 28.7 Å². The van der Waals surface area contributed by atoms with E-state index in [1.807, 2.05) is 19.5 Å². The monoisotopic (exact) mass is 275 g/mol. The minimum absolute atomic E-state index is 0.648. The van der Waals surface area contributed by atoms with E-state index in [-0.39, 0.29) is 0 Å². The Morgan fingerprint density at radius 1 is 1.32 bits per heavy atom. The fourth-order valence-corrected chi connectivity index (χ4v) is 2.40. The number of rotatable bonds is 4. The SMILES string of the molecule is CSc1ncc(CNc2ncnc3nc[nH]c23)n1C. The number of nitrogens with one attached hydrogen (secondary N) is 2. The Balaban J connectivity index is 1.82. The number of aromatic amines is 1. The molecule has 3 aromatic rings. The van der Waals surface area contributed by atoms with E-state index in [2.05, 4.69) is 34.8 Å². The highest BCUT2D eigenvalue weighted by Gasteiger charge is 2.08. The summed E-state index contributed by atoms with van der Waals surface area (Å²) < 4.78 is 2.06. The Bertz CT molecular complexity index is 702. The molecule has 0 bridgehead atoms. The van der Waals surface area contributed by atoms with Crippen molar-refractivity contribution in [1.29, 1.82) is 0 Å². The predicted octanol–water partition coefficient (Wildman–Crippen LogP) is 1.42. The van der Waals surface area contributed by atoms with E-state index in [9.17, 15) is 0 Å². The van der Waals surface area contributed by atoms with Crippen molar-refractivity contribution in [3.8, 4) is 0 Å². The summed E-state index contributed by atoms with van der Waals surface area (Å²) in [7, 11) is 2.00. The summed E-state index contributed by atoms with van der Waals surface area (Å²) >= 11 is 1.62. The van der Waals surface area contributed by atoms with Crippen LogP contribution in [0.15, 0.2) is 24.0 Å². The van der Waals surface area contributed by atoms with E-state index in [1.54, 1.807) is 18.1 Å². The molecule has 3 aromatic heterocycles. The lowest BCUT2D eigenvalue weighted by atomic mass is 10.4. The van der Waals surface area contributed by atoms with Crippen molar-refractivity contribution in [3.63, 3.8) is 0 Å². The van der Waals surface area contributed by atoms with Crippen molar-refractivity contribution in [2.45, 2.75) is 11.7 Å². The molecule has 3 heterocycles. The number of nitrogens with zero attached hydrogens (tertiary/aromatic N) is 5. The maximum absolute atomic E-state index is 4.33. The average Bonchev–Trinajstić information content (AvgIpc) is 3.03. The van der Waals surface area contributed by atoms with Crippen LogP contribution in [0, 0.1) is 0 Å². The van der Waals surface area contributed by atoms with Gasteiger partial charge in [-0.25, -0.2) is 19.9 Å². The number of H-pyrrole nitrogens is 1. The second kappa shape index (κ2) is 4.88. The van der Waals surface area contributed by atoms with Gasteiger partial charge >= 0.3 is 0 Å². The van der Waals surface area contributed by atoms with E-state index in [0.29, 0.717) is 12.2 Å². The van der Waals surface area contributed by atoms with Gasteiger partial charge in [-0.1, -0.05) is 11.8 Å². The van der Waals surface area contributed by atoms with Crippen LogP contribution in [0.4, 0.5) is 5.82 Å². The van der Waals surface area contributed by atoms with Gasteiger partial charge < -0.3 is 14.9 Å². The smallest absolute Gasteiger partial charge is 0.182 e. The number of thioether (sulfide) groups is 1. The number of aromatic nitrogens is 6. The summed E-state index contributed by atoms with van der Waals surface area (Å²) in [6, 6.07) is 0. The van der Waals surface area contributed by atoms with Crippen LogP contribution in [-0.2, 0) is 13.6 Å². The number of fused-ring (bicyclic) bond motifs is 1. The summed E-state index contributed by atoms with van der Waals surface area (Å²) in [6.07, 6.45) is 6.99. The second-order valence-corrected chi connectivity index (χ2v) is 4.75. The molecule has 0 aliphatic heterocycles. The molecule has 7 nitrogen and oxygen atoms in total. The van der Waals surface area contributed by atoms with Crippen LogP contribution in [0.2, 0.25) is 0 Å². The van der Waals surface area contributed by atoms with Gasteiger partial charge in [-0.05, 0) is 6.26 Å². The van der Waals surface area contributed by atoms with Gasteiger partial charge in [0.15, 0.2) is 16.6 Å². The Morgan fingerprint density at radius 3 is 3.00 bits per heavy atom. The molecule has 2 N–H and O–H groups in total. The van der Waals surface area contributed by atoms with Crippen LogP contribution in [0.5, 0.6) is 0 Å². The molecule has 8 heteroatoms. The molecule has 19 heavy (non-hydrogen) atoms. The van der Waals surface area contributed by atoms with Gasteiger partial charge in [0.25, 0.3) is 0 Å². The Labute approximate surface area is 113 Å². The molecule has 0 fully saturated rings. The van der Waals surface area contributed by atoms with Crippen molar-refractivity contribution in [3.05, 3.63) is 24.5 Å². The maximum atomic E-state index is 4.33. The van der Waals surface area contributed by atoms with Crippen LogP contribution >= 0.6 is 11.8 Å². The lowest BCUT2D eigenvalue weighted by Gasteiger charge is -2.07. The molecule has 3 rings (SSSR count). The van der Waals surface area contributed by atoms with Gasteiger partial charge in [0.1, 0.15) is 11.8 Å². The van der Waals surface area contributed by atoms with Crippen LogP contribution in [-0.4, -0.2) is 35.7 Å². The largest absolute Gasteiger partial charge is 0.363 e. The minimum Gasteiger partial charge on any atom is -0.363 e. The number of anilines is 1. The van der Waals surface area contributed by atoms with E-state index in [4.69, 9.17) is 0 Å². The van der Waals surface area contributed by atoms with E-state index in [1.165, 1.54) is 6.33 Å². The molecule has 0 radical (unpaired) electrons. The zero-order chi connectivity index (χ0) is 13.2. The maximum Gasteiger partial charge on any atom is 0.182 e. The topological polar surface area (TPSA) is 84.3 Å². The third-order valence-corrected chi connectivity index (χ3v) is 3.63. The van der Waals surface area contributed by atoms with Crippen LogP contribution in [0.1, 0.15) is 5.69 Å². The molecule has 0 spiro atoms. The molecule has 0 atom stereocenters. The van der Waals surface area contributed by atoms with E-state index < -0.39 is 0 Å². The van der Waals surface area contributed by atoms with Gasteiger partial charge in [0.2, 0.25) is 0 Å². The molecular formula is C11H13N7S. The lowest BCUT2D eigenvalue weighted by molar-refractivity contribution is 0.747. The molecule has 0 saturated heterocycles. The third-order valence-electron chi connectivity index (χ3n) is 2.88. The van der Waals surface area contributed by atoms with Crippen LogP contribution < -0.4 is 5.32 Å². The van der Waals surface area contributed by atoms with Gasteiger partial charge in [-0.2, -0.15) is 0 Å². The first kappa shape index (κ1) is 12.0. The second-order valence-electron chi connectivity index (χ2n) is 3.97. The molecular weight excluding hydrogens is 262 g/mol. The number of hydrogen-bond acceptors (Lipinski definition) is 6. The first-order valence-corrected chi connectivity index (χ1v) is 6.94. The lowest BCUT2D eigenvalue weighted by Crippen LogP contribution is -2.06. The summed E-state index contributed by atoms with van der Waals surface area (Å²) in [5.74, 6) is 0.745. The zero-order valence-electron chi connectivity index (χ0n) is 10.6. The predicted molar refractivity (Wildman–Crippen MR) is 74.0 cm³/mol. The average molecular weight is 275 g/mol. The first-order chi connectivity index (χ1) is 9.29. The fourth-order valence-electron chi connectivity index (χ4n) is 1.85. The summed E-state index contributed by atoms with van der Waals surface area (Å²) in [5.41, 5.74) is 2.57. The zero-order valence-corrected chi connectivity index (χ0v) is 11.4. The van der Waals surface area contributed by atoms with Crippen molar-refractivity contribution in [2.75, 3.05) is 11.6 Å². The summed E-state index contributed by atoms with van der Waals surface area (Å²) in [4.78, 5) is 19.8. The minimum atomic E-state index is 0.648. The molecule has 98 valence electrons. The molecule has 0 aliphatic carbocycles. The van der Waals surface area contributed by atoms with Crippen molar-refractivity contribution < 1.29 is 0 Å².